The van der Waals surface area contributed by atoms with Crippen molar-refractivity contribution in [1.82, 2.24) is 15.3 Å². The number of nitrogens with one attached hydrogen (secondary N) is 2. The van der Waals surface area contributed by atoms with Crippen molar-refractivity contribution in [3.8, 4) is 10.7 Å². The van der Waals surface area contributed by atoms with Crippen molar-refractivity contribution in [2.75, 3.05) is 5.32 Å². The number of nitrogens with zero attached hydrogens (tertiary/aromatic N) is 2. The fraction of sp³-hybridized carbons (Fsp3) is 0.158. The maximum atomic E-state index is 12.2. The van der Waals surface area contributed by atoms with E-state index in [9.17, 15) is 9.59 Å². The van der Waals surface area contributed by atoms with Crippen LogP contribution < -0.4 is 10.6 Å². The Hall–Kier alpha value is -3.06. The second-order valence-electron chi connectivity index (χ2n) is 6.03. The summed E-state index contributed by atoms with van der Waals surface area (Å²) in [6.07, 6.45) is 2.35. The average molecular weight is 364 g/mol. The number of carbonyl (C=O) groups is 2. The predicted molar refractivity (Wildman–Crippen MR) is 99.7 cm³/mol. The maximum Gasteiger partial charge on any atom is 0.228 e. The first kappa shape index (κ1) is 16.4. The minimum Gasteiger partial charge on any atom is -0.352 e. The number of anilines is 1. The second kappa shape index (κ2) is 7.05. The molecule has 3 aromatic rings. The predicted octanol–water partition coefficient (Wildman–Crippen LogP) is 2.56. The summed E-state index contributed by atoms with van der Waals surface area (Å²) in [5, 5.41) is 8.40. The summed E-state index contributed by atoms with van der Waals surface area (Å²) >= 11 is 1.48. The molecule has 0 saturated carbocycles. The molecule has 0 bridgehead atoms. The molecule has 4 rings (SSSR count). The Kier molecular flexibility index (Phi) is 4.45. The lowest BCUT2D eigenvalue weighted by atomic mass is 10.1. The third kappa shape index (κ3) is 3.62. The quantitative estimate of drug-likeness (QED) is 0.729. The summed E-state index contributed by atoms with van der Waals surface area (Å²) in [6.45, 7) is 0.428. The molecule has 2 amide bonds. The molecule has 1 aromatic carbocycles. The van der Waals surface area contributed by atoms with E-state index in [-0.39, 0.29) is 18.2 Å². The Labute approximate surface area is 154 Å². The minimum atomic E-state index is -0.0856. The zero-order chi connectivity index (χ0) is 17.9. The summed E-state index contributed by atoms with van der Waals surface area (Å²) in [5.41, 5.74) is 4.35. The van der Waals surface area contributed by atoms with Gasteiger partial charge < -0.3 is 10.6 Å². The lowest BCUT2D eigenvalue weighted by Crippen LogP contribution is -2.24. The van der Waals surface area contributed by atoms with Crippen LogP contribution in [0.1, 0.15) is 16.8 Å². The Balaban J connectivity index is 1.34. The van der Waals surface area contributed by atoms with Gasteiger partial charge in [-0.25, -0.2) is 4.98 Å². The SMILES string of the molecule is O=C(Cc1csc(-c2ccccn2)n1)NCc1ccc2c(c1)CC(=O)N2. The summed E-state index contributed by atoms with van der Waals surface area (Å²) < 4.78 is 0. The molecule has 26 heavy (non-hydrogen) atoms. The van der Waals surface area contributed by atoms with Crippen molar-refractivity contribution >= 4 is 28.8 Å². The van der Waals surface area contributed by atoms with Crippen LogP contribution in [-0.2, 0) is 29.0 Å². The van der Waals surface area contributed by atoms with Crippen LogP contribution >= 0.6 is 11.3 Å². The largest absolute Gasteiger partial charge is 0.352 e. The number of amides is 2. The van der Waals surface area contributed by atoms with Crippen LogP contribution in [0.5, 0.6) is 0 Å². The van der Waals surface area contributed by atoms with Gasteiger partial charge in [-0.15, -0.1) is 11.3 Å². The van der Waals surface area contributed by atoms with Gasteiger partial charge >= 0.3 is 0 Å². The molecule has 0 aliphatic carbocycles. The summed E-state index contributed by atoms with van der Waals surface area (Å²) in [5.74, 6) is -0.0778. The molecule has 0 fully saturated rings. The molecule has 130 valence electrons. The van der Waals surface area contributed by atoms with E-state index < -0.39 is 0 Å². The smallest absolute Gasteiger partial charge is 0.228 e. The van der Waals surface area contributed by atoms with E-state index in [1.54, 1.807) is 6.20 Å². The number of pyridine rings is 1. The highest BCUT2D eigenvalue weighted by Gasteiger charge is 2.17. The van der Waals surface area contributed by atoms with Crippen molar-refractivity contribution in [2.24, 2.45) is 0 Å². The molecule has 0 spiro atoms. The Morgan fingerprint density at radius 3 is 3.04 bits per heavy atom. The molecule has 0 radical (unpaired) electrons. The molecule has 2 N–H and O–H groups in total. The first-order valence-electron chi connectivity index (χ1n) is 8.21. The zero-order valence-corrected chi connectivity index (χ0v) is 14.7. The Bertz CT molecular complexity index is 969. The van der Waals surface area contributed by atoms with Gasteiger partial charge in [-0.2, -0.15) is 0 Å². The van der Waals surface area contributed by atoms with Gasteiger partial charge in [0.2, 0.25) is 11.8 Å². The van der Waals surface area contributed by atoms with Gasteiger partial charge in [-0.3, -0.25) is 14.6 Å². The van der Waals surface area contributed by atoms with Gasteiger partial charge in [0.25, 0.3) is 0 Å². The molecule has 1 aliphatic heterocycles. The topological polar surface area (TPSA) is 84.0 Å². The van der Waals surface area contributed by atoms with E-state index in [1.165, 1.54) is 11.3 Å². The molecule has 0 unspecified atom stereocenters. The van der Waals surface area contributed by atoms with Gasteiger partial charge in [0.15, 0.2) is 0 Å². The van der Waals surface area contributed by atoms with E-state index in [1.807, 2.05) is 41.8 Å². The summed E-state index contributed by atoms with van der Waals surface area (Å²) in [4.78, 5) is 32.3. The normalized spacial score (nSPS) is 12.5. The highest BCUT2D eigenvalue weighted by Crippen LogP contribution is 2.24. The van der Waals surface area contributed by atoms with Crippen LogP contribution in [0.3, 0.4) is 0 Å². The number of hydrogen-bond acceptors (Lipinski definition) is 5. The monoisotopic (exact) mass is 364 g/mol. The number of aromatic nitrogens is 2. The van der Waals surface area contributed by atoms with Crippen LogP contribution in [0.15, 0.2) is 48.0 Å². The van der Waals surface area contributed by atoms with E-state index in [0.29, 0.717) is 13.0 Å². The standard InChI is InChI=1S/C19H16N4O2S/c24-17(9-14-11-26-19(22-14)16-3-1-2-6-20-16)21-10-12-4-5-15-13(7-12)8-18(25)23-15/h1-7,11H,8-10H2,(H,21,24)(H,23,25). The summed E-state index contributed by atoms with van der Waals surface area (Å²) in [7, 11) is 0. The van der Waals surface area contributed by atoms with Gasteiger partial charge in [-0.05, 0) is 29.3 Å². The molecule has 3 heterocycles. The van der Waals surface area contributed by atoms with E-state index in [2.05, 4.69) is 20.6 Å². The van der Waals surface area contributed by atoms with Gasteiger partial charge in [-0.1, -0.05) is 18.2 Å². The van der Waals surface area contributed by atoms with Crippen molar-refractivity contribution in [3.63, 3.8) is 0 Å². The summed E-state index contributed by atoms with van der Waals surface area (Å²) in [6, 6.07) is 11.4. The number of hydrogen-bond donors (Lipinski definition) is 2. The van der Waals surface area contributed by atoms with Gasteiger partial charge in [0, 0.05) is 23.8 Å². The van der Waals surface area contributed by atoms with Crippen molar-refractivity contribution in [3.05, 3.63) is 64.8 Å². The van der Waals surface area contributed by atoms with Crippen LogP contribution in [0, 0.1) is 0 Å². The first-order chi connectivity index (χ1) is 12.7. The van der Waals surface area contributed by atoms with Crippen LogP contribution in [0.2, 0.25) is 0 Å². The lowest BCUT2D eigenvalue weighted by Gasteiger charge is -2.06. The maximum absolute atomic E-state index is 12.2. The van der Waals surface area contributed by atoms with Crippen LogP contribution in [0.25, 0.3) is 10.7 Å². The van der Waals surface area contributed by atoms with Crippen molar-refractivity contribution < 1.29 is 9.59 Å². The lowest BCUT2D eigenvalue weighted by molar-refractivity contribution is -0.120. The molecule has 0 atom stereocenters. The fourth-order valence-corrected chi connectivity index (χ4v) is 3.61. The molecule has 7 heteroatoms. The Morgan fingerprint density at radius 2 is 2.19 bits per heavy atom. The molecule has 2 aromatic heterocycles. The first-order valence-corrected chi connectivity index (χ1v) is 9.09. The number of fused-ring (bicyclic) bond motifs is 1. The number of benzene rings is 1. The third-order valence-corrected chi connectivity index (χ3v) is 4.98. The van der Waals surface area contributed by atoms with Crippen molar-refractivity contribution in [1.29, 1.82) is 0 Å². The van der Waals surface area contributed by atoms with Crippen LogP contribution in [-0.4, -0.2) is 21.8 Å². The highest BCUT2D eigenvalue weighted by molar-refractivity contribution is 7.13. The second-order valence-corrected chi connectivity index (χ2v) is 6.89. The number of carbonyl (C=O) groups excluding carboxylic acids is 2. The molecule has 1 aliphatic rings. The molecular formula is C19H16N4O2S. The number of rotatable bonds is 5. The Morgan fingerprint density at radius 1 is 1.27 bits per heavy atom. The van der Waals surface area contributed by atoms with Gasteiger partial charge in [0.1, 0.15) is 5.01 Å². The highest BCUT2D eigenvalue weighted by atomic mass is 32.1. The molecular weight excluding hydrogens is 348 g/mol. The minimum absolute atomic E-state index is 0.00780. The molecule has 0 saturated heterocycles. The van der Waals surface area contributed by atoms with Gasteiger partial charge in [0.05, 0.1) is 24.2 Å². The molecule has 6 nitrogen and oxygen atoms in total. The van der Waals surface area contributed by atoms with E-state index in [0.717, 1.165) is 33.2 Å². The average Bonchev–Trinajstić information content (AvgIpc) is 3.26. The van der Waals surface area contributed by atoms with Crippen LogP contribution in [0.4, 0.5) is 5.69 Å². The zero-order valence-electron chi connectivity index (χ0n) is 13.9. The third-order valence-electron chi connectivity index (χ3n) is 4.06. The van der Waals surface area contributed by atoms with Crippen molar-refractivity contribution in [2.45, 2.75) is 19.4 Å². The fourth-order valence-electron chi connectivity index (χ4n) is 2.82. The van der Waals surface area contributed by atoms with E-state index >= 15 is 0 Å². The van der Waals surface area contributed by atoms with E-state index in [4.69, 9.17) is 0 Å². The number of thiazole rings is 1.